The lowest BCUT2D eigenvalue weighted by Crippen LogP contribution is -2.34. The number of benzene rings is 1. The Morgan fingerprint density at radius 2 is 1.91 bits per heavy atom. The first-order valence-corrected chi connectivity index (χ1v) is 7.24. The maximum Gasteiger partial charge on any atom is 0.417 e. The van der Waals surface area contributed by atoms with E-state index in [4.69, 9.17) is 5.11 Å². The van der Waals surface area contributed by atoms with Gasteiger partial charge in [0.25, 0.3) is 11.8 Å². The summed E-state index contributed by atoms with van der Waals surface area (Å²) >= 11 is 1.38. The average molecular weight is 444 g/mol. The molecule has 124 valence electrons. The maximum atomic E-state index is 13.4. The number of aliphatic hydroxyl groups excluding tert-OH is 1. The van der Waals surface area contributed by atoms with Gasteiger partial charge in [-0.25, -0.2) is 4.39 Å². The second kappa shape index (κ2) is 6.43. The number of anilines is 1. The Morgan fingerprint density at radius 3 is 2.48 bits per heavy atom. The van der Waals surface area contributed by atoms with Crippen LogP contribution in [-0.4, -0.2) is 35.0 Å². The van der Waals surface area contributed by atoms with Gasteiger partial charge in [-0.1, -0.05) is 0 Å². The summed E-state index contributed by atoms with van der Waals surface area (Å²) in [5.41, 5.74) is -1.76. The van der Waals surface area contributed by atoms with Crippen LogP contribution in [0.1, 0.15) is 5.56 Å². The highest BCUT2D eigenvalue weighted by Crippen LogP contribution is 2.37. The molecule has 0 aliphatic carbocycles. The number of alkyl halides is 3. The van der Waals surface area contributed by atoms with E-state index in [1.807, 2.05) is 0 Å². The molecule has 2 rings (SSSR count). The van der Waals surface area contributed by atoms with Gasteiger partial charge in [-0.2, -0.15) is 13.2 Å². The Hall–Kier alpha value is -1.69. The van der Waals surface area contributed by atoms with E-state index >= 15 is 0 Å². The summed E-state index contributed by atoms with van der Waals surface area (Å²) in [7, 11) is 0. The SMILES string of the molecule is O=C1C=C(Nc2cc(F)cc(C(F)(F)F)c2I)C(=O)N1CCO. The van der Waals surface area contributed by atoms with E-state index in [0.29, 0.717) is 6.07 Å². The van der Waals surface area contributed by atoms with Crippen molar-refractivity contribution in [3.8, 4) is 0 Å². The van der Waals surface area contributed by atoms with Crippen molar-refractivity contribution in [3.05, 3.63) is 38.9 Å². The molecule has 1 heterocycles. The summed E-state index contributed by atoms with van der Waals surface area (Å²) in [6, 6.07) is 1.14. The zero-order chi connectivity index (χ0) is 17.4. The minimum Gasteiger partial charge on any atom is -0.395 e. The Balaban J connectivity index is 2.35. The number of halogens is 5. The smallest absolute Gasteiger partial charge is 0.395 e. The second-order valence-corrected chi connectivity index (χ2v) is 5.59. The highest BCUT2D eigenvalue weighted by molar-refractivity contribution is 14.1. The molecule has 1 aromatic rings. The molecule has 0 saturated heterocycles. The minimum atomic E-state index is -4.76. The van der Waals surface area contributed by atoms with Crippen LogP contribution < -0.4 is 5.32 Å². The number of β-amino-alcohol motifs (C(OH)–C–C–N with tert-alkyl or cyclic N) is 1. The lowest BCUT2D eigenvalue weighted by atomic mass is 10.2. The summed E-state index contributed by atoms with van der Waals surface area (Å²) in [4.78, 5) is 24.2. The van der Waals surface area contributed by atoms with E-state index in [-0.39, 0.29) is 21.5 Å². The molecule has 5 nitrogen and oxygen atoms in total. The molecule has 0 aromatic heterocycles. The largest absolute Gasteiger partial charge is 0.417 e. The average Bonchev–Trinajstić information content (AvgIpc) is 2.69. The molecule has 0 radical (unpaired) electrons. The number of carbonyl (C=O) groups is 2. The minimum absolute atomic E-state index is 0.243. The molecule has 2 amide bonds. The van der Waals surface area contributed by atoms with E-state index < -0.39 is 36.0 Å². The molecule has 0 spiro atoms. The van der Waals surface area contributed by atoms with Crippen molar-refractivity contribution < 1.29 is 32.3 Å². The van der Waals surface area contributed by atoms with E-state index in [0.717, 1.165) is 17.0 Å². The predicted molar refractivity (Wildman–Crippen MR) is 79.6 cm³/mol. The van der Waals surface area contributed by atoms with Gasteiger partial charge in [0.2, 0.25) is 0 Å². The van der Waals surface area contributed by atoms with E-state index in [1.54, 1.807) is 0 Å². The fraction of sp³-hybridized carbons (Fsp3) is 0.231. The van der Waals surface area contributed by atoms with Crippen molar-refractivity contribution in [2.45, 2.75) is 6.18 Å². The van der Waals surface area contributed by atoms with Crippen molar-refractivity contribution in [1.82, 2.24) is 4.90 Å². The highest BCUT2D eigenvalue weighted by atomic mass is 127. The Labute approximate surface area is 141 Å². The monoisotopic (exact) mass is 444 g/mol. The lowest BCUT2D eigenvalue weighted by Gasteiger charge is -2.16. The van der Waals surface area contributed by atoms with Gasteiger partial charge in [-0.3, -0.25) is 14.5 Å². The zero-order valence-corrected chi connectivity index (χ0v) is 13.4. The normalized spacial score (nSPS) is 15.2. The second-order valence-electron chi connectivity index (χ2n) is 4.51. The molecule has 0 saturated carbocycles. The molecule has 0 fully saturated rings. The summed E-state index contributed by atoms with van der Waals surface area (Å²) in [6.45, 7) is -0.693. The van der Waals surface area contributed by atoms with Crippen LogP contribution in [-0.2, 0) is 15.8 Å². The van der Waals surface area contributed by atoms with Crippen LogP contribution in [0.2, 0.25) is 0 Å². The van der Waals surface area contributed by atoms with Crippen molar-refractivity contribution in [3.63, 3.8) is 0 Å². The van der Waals surface area contributed by atoms with Gasteiger partial charge in [0.1, 0.15) is 11.5 Å². The summed E-state index contributed by atoms with van der Waals surface area (Å²) in [5, 5.41) is 11.1. The molecule has 0 bridgehead atoms. The highest BCUT2D eigenvalue weighted by Gasteiger charge is 2.36. The van der Waals surface area contributed by atoms with Gasteiger partial charge >= 0.3 is 6.18 Å². The van der Waals surface area contributed by atoms with Crippen molar-refractivity contribution in [2.24, 2.45) is 0 Å². The quantitative estimate of drug-likeness (QED) is 0.424. The third-order valence-corrected chi connectivity index (χ3v) is 4.11. The summed E-state index contributed by atoms with van der Waals surface area (Å²) < 4.78 is 51.6. The van der Waals surface area contributed by atoms with Crippen LogP contribution >= 0.6 is 22.6 Å². The number of carbonyl (C=O) groups excluding carboxylic acids is 2. The zero-order valence-electron chi connectivity index (χ0n) is 11.2. The summed E-state index contributed by atoms with van der Waals surface area (Å²) in [6.07, 6.45) is -3.88. The number of hydrogen-bond acceptors (Lipinski definition) is 4. The number of nitrogens with zero attached hydrogens (tertiary/aromatic N) is 1. The van der Waals surface area contributed by atoms with Crippen LogP contribution in [0, 0.1) is 9.39 Å². The number of aliphatic hydroxyl groups is 1. The van der Waals surface area contributed by atoms with Crippen LogP contribution in [0.25, 0.3) is 0 Å². The Kier molecular flexibility index (Phi) is 4.94. The van der Waals surface area contributed by atoms with Crippen LogP contribution in [0.3, 0.4) is 0 Å². The van der Waals surface area contributed by atoms with E-state index in [9.17, 15) is 27.2 Å². The standard InChI is InChI=1S/C13H9F4IN2O3/c14-6-3-7(13(15,16)17)11(18)8(4-6)19-9-5-10(22)20(1-2-21)12(9)23/h3-5,19,21H,1-2H2. The van der Waals surface area contributed by atoms with Gasteiger partial charge in [0, 0.05) is 9.65 Å². The van der Waals surface area contributed by atoms with E-state index in [2.05, 4.69) is 5.32 Å². The number of imide groups is 1. The molecule has 0 atom stereocenters. The first-order chi connectivity index (χ1) is 10.6. The lowest BCUT2D eigenvalue weighted by molar-refractivity contribution is -0.139. The number of rotatable bonds is 4. The third kappa shape index (κ3) is 3.63. The number of amides is 2. The number of nitrogens with one attached hydrogen (secondary N) is 1. The first-order valence-electron chi connectivity index (χ1n) is 6.16. The molecule has 1 aromatic carbocycles. The van der Waals surface area contributed by atoms with Gasteiger partial charge in [0.15, 0.2) is 0 Å². The first kappa shape index (κ1) is 17.7. The van der Waals surface area contributed by atoms with Gasteiger partial charge in [-0.05, 0) is 34.7 Å². The fourth-order valence-corrected chi connectivity index (χ4v) is 2.69. The van der Waals surface area contributed by atoms with Gasteiger partial charge in [-0.15, -0.1) is 0 Å². The maximum absolute atomic E-state index is 13.4. The Bertz CT molecular complexity index is 703. The van der Waals surface area contributed by atoms with Crippen molar-refractivity contribution in [2.75, 3.05) is 18.5 Å². The van der Waals surface area contributed by atoms with Gasteiger partial charge < -0.3 is 10.4 Å². The van der Waals surface area contributed by atoms with Crippen molar-refractivity contribution >= 4 is 40.1 Å². The topological polar surface area (TPSA) is 69.6 Å². The molecular formula is C13H9F4IN2O3. The van der Waals surface area contributed by atoms with E-state index in [1.165, 1.54) is 22.6 Å². The predicted octanol–water partition coefficient (Wildman–Crippen LogP) is 2.11. The summed E-state index contributed by atoms with van der Waals surface area (Å²) in [5.74, 6) is -2.66. The molecule has 10 heteroatoms. The molecule has 0 unspecified atom stereocenters. The number of hydrogen-bond donors (Lipinski definition) is 2. The molecule has 2 N–H and O–H groups in total. The molecule has 1 aliphatic heterocycles. The third-order valence-electron chi connectivity index (χ3n) is 2.95. The van der Waals surface area contributed by atoms with Crippen LogP contribution in [0.4, 0.5) is 23.2 Å². The fourth-order valence-electron chi connectivity index (χ4n) is 1.94. The molecular weight excluding hydrogens is 435 g/mol. The van der Waals surface area contributed by atoms with Crippen molar-refractivity contribution in [1.29, 1.82) is 0 Å². The molecule has 23 heavy (non-hydrogen) atoms. The van der Waals surface area contributed by atoms with Gasteiger partial charge in [0.05, 0.1) is 24.4 Å². The van der Waals surface area contributed by atoms with Crippen LogP contribution in [0.5, 0.6) is 0 Å². The Morgan fingerprint density at radius 1 is 1.26 bits per heavy atom. The van der Waals surface area contributed by atoms with Crippen LogP contribution in [0.15, 0.2) is 23.9 Å². The molecule has 1 aliphatic rings.